The molecule has 3 nitrogen and oxygen atoms in total. The smallest absolute Gasteiger partial charge is 0.193 e. The van der Waals surface area contributed by atoms with E-state index in [1.807, 2.05) is 37.0 Å². The van der Waals surface area contributed by atoms with Gasteiger partial charge in [0.05, 0.1) is 12.2 Å². The lowest BCUT2D eigenvalue weighted by atomic mass is 9.96. The van der Waals surface area contributed by atoms with Crippen molar-refractivity contribution in [2.24, 2.45) is 12.5 Å². The van der Waals surface area contributed by atoms with Crippen LogP contribution in [0.15, 0.2) is 18.3 Å². The lowest BCUT2D eigenvalue weighted by molar-refractivity contribution is 0.0919. The van der Waals surface area contributed by atoms with E-state index in [1.165, 1.54) is 0 Å². The van der Waals surface area contributed by atoms with Gasteiger partial charge in [-0.15, -0.1) is 0 Å². The number of aryl methyl sites for hydroxylation is 1. The van der Waals surface area contributed by atoms with E-state index in [2.05, 4.69) is 25.7 Å². The minimum Gasteiger partial charge on any atom is -0.348 e. The fourth-order valence-corrected chi connectivity index (χ4v) is 1.94. The van der Waals surface area contributed by atoms with E-state index < -0.39 is 0 Å². The Morgan fingerprint density at radius 1 is 1.44 bits per heavy atom. The Labute approximate surface area is 98.1 Å². The molecule has 0 saturated carbocycles. The highest BCUT2D eigenvalue weighted by Crippen LogP contribution is 2.14. The summed E-state index contributed by atoms with van der Waals surface area (Å²) in [5.41, 5.74) is 1.00. The quantitative estimate of drug-likeness (QED) is 0.730. The van der Waals surface area contributed by atoms with Crippen LogP contribution in [0.3, 0.4) is 0 Å². The first-order valence-corrected chi connectivity index (χ1v) is 5.63. The lowest BCUT2D eigenvalue weighted by Crippen LogP contribution is -2.34. The summed E-state index contributed by atoms with van der Waals surface area (Å²) in [5, 5.41) is 0. The number of aromatic nitrogens is 1. The van der Waals surface area contributed by atoms with Crippen LogP contribution < -0.4 is 0 Å². The van der Waals surface area contributed by atoms with Crippen LogP contribution in [0, 0.1) is 5.41 Å². The zero-order valence-corrected chi connectivity index (χ0v) is 10.9. The second kappa shape index (κ2) is 4.83. The number of carbonyl (C=O) groups is 1. The molecule has 0 atom stereocenters. The van der Waals surface area contributed by atoms with Crippen LogP contribution in [0.2, 0.25) is 0 Å². The molecule has 0 aliphatic carbocycles. The highest BCUT2D eigenvalue weighted by atomic mass is 16.1. The van der Waals surface area contributed by atoms with Gasteiger partial charge in [-0.25, -0.2) is 0 Å². The van der Waals surface area contributed by atoms with E-state index in [4.69, 9.17) is 0 Å². The standard InChI is InChI=1S/C13H22N2O/c1-13(2,3)10-14(4)9-12(16)11-7-6-8-15(11)5/h6-8H,9-10H2,1-5H3. The Kier molecular flexibility index (Phi) is 3.92. The molecule has 0 aromatic carbocycles. The van der Waals surface area contributed by atoms with Crippen molar-refractivity contribution < 1.29 is 4.79 Å². The van der Waals surface area contributed by atoms with E-state index in [9.17, 15) is 4.79 Å². The predicted molar refractivity (Wildman–Crippen MR) is 66.7 cm³/mol. The van der Waals surface area contributed by atoms with Gasteiger partial charge in [0.2, 0.25) is 0 Å². The number of hydrogen-bond donors (Lipinski definition) is 0. The molecule has 0 aliphatic rings. The molecule has 0 amide bonds. The molecule has 0 N–H and O–H groups in total. The van der Waals surface area contributed by atoms with Crippen molar-refractivity contribution >= 4 is 5.78 Å². The Morgan fingerprint density at radius 2 is 2.06 bits per heavy atom. The number of Topliss-reactive ketones (excluding diaryl/α,β-unsaturated/α-hetero) is 1. The van der Waals surface area contributed by atoms with Crippen molar-refractivity contribution in [2.75, 3.05) is 20.1 Å². The SMILES string of the molecule is CN(CC(=O)c1cccn1C)CC(C)(C)C. The average Bonchev–Trinajstić information content (AvgIpc) is 2.47. The molecule has 16 heavy (non-hydrogen) atoms. The van der Waals surface area contributed by atoms with E-state index in [0.29, 0.717) is 6.54 Å². The van der Waals surface area contributed by atoms with E-state index in [0.717, 1.165) is 12.2 Å². The number of nitrogens with zero attached hydrogens (tertiary/aromatic N) is 2. The minimum atomic E-state index is 0.180. The molecule has 1 aromatic rings. The summed E-state index contributed by atoms with van der Waals surface area (Å²) in [6.07, 6.45) is 1.90. The van der Waals surface area contributed by atoms with Crippen LogP contribution in [0.4, 0.5) is 0 Å². The number of ketones is 1. The molecule has 0 radical (unpaired) electrons. The average molecular weight is 222 g/mol. The number of rotatable bonds is 4. The highest BCUT2D eigenvalue weighted by molar-refractivity contribution is 5.96. The maximum atomic E-state index is 12.0. The van der Waals surface area contributed by atoms with Crippen molar-refractivity contribution in [3.05, 3.63) is 24.0 Å². The van der Waals surface area contributed by atoms with Crippen LogP contribution in [0.1, 0.15) is 31.3 Å². The van der Waals surface area contributed by atoms with Crippen LogP contribution >= 0.6 is 0 Å². The van der Waals surface area contributed by atoms with Crippen molar-refractivity contribution in [1.82, 2.24) is 9.47 Å². The molecule has 1 aromatic heterocycles. The fraction of sp³-hybridized carbons (Fsp3) is 0.615. The molecule has 0 fully saturated rings. The Hall–Kier alpha value is -1.09. The van der Waals surface area contributed by atoms with Gasteiger partial charge in [-0.05, 0) is 24.6 Å². The Balaban J connectivity index is 2.56. The molecule has 90 valence electrons. The molecule has 0 spiro atoms. The monoisotopic (exact) mass is 222 g/mol. The second-order valence-electron chi connectivity index (χ2n) is 5.66. The van der Waals surface area contributed by atoms with Crippen LogP contribution in [-0.2, 0) is 7.05 Å². The van der Waals surface area contributed by atoms with E-state index in [1.54, 1.807) is 0 Å². The maximum absolute atomic E-state index is 12.0. The third-order valence-corrected chi connectivity index (χ3v) is 2.39. The topological polar surface area (TPSA) is 25.2 Å². The number of carbonyl (C=O) groups excluding carboxylic acids is 1. The fourth-order valence-electron chi connectivity index (χ4n) is 1.94. The lowest BCUT2D eigenvalue weighted by Gasteiger charge is -2.25. The summed E-state index contributed by atoms with van der Waals surface area (Å²) < 4.78 is 1.87. The van der Waals surface area contributed by atoms with E-state index >= 15 is 0 Å². The zero-order chi connectivity index (χ0) is 12.3. The van der Waals surface area contributed by atoms with Gasteiger partial charge in [0.15, 0.2) is 5.78 Å². The maximum Gasteiger partial charge on any atom is 0.193 e. The molecule has 0 unspecified atom stereocenters. The van der Waals surface area contributed by atoms with Crippen molar-refractivity contribution in [3.63, 3.8) is 0 Å². The first-order chi connectivity index (χ1) is 7.29. The van der Waals surface area contributed by atoms with Crippen molar-refractivity contribution in [2.45, 2.75) is 20.8 Å². The first-order valence-electron chi connectivity index (χ1n) is 5.63. The van der Waals surface area contributed by atoms with Gasteiger partial charge < -0.3 is 4.57 Å². The van der Waals surface area contributed by atoms with Crippen LogP contribution in [0.5, 0.6) is 0 Å². The van der Waals surface area contributed by atoms with Crippen LogP contribution in [0.25, 0.3) is 0 Å². The molecular weight excluding hydrogens is 200 g/mol. The van der Waals surface area contributed by atoms with Crippen molar-refractivity contribution in [3.8, 4) is 0 Å². The zero-order valence-electron chi connectivity index (χ0n) is 10.9. The second-order valence-corrected chi connectivity index (χ2v) is 5.66. The predicted octanol–water partition coefficient (Wildman–Crippen LogP) is 2.19. The summed E-state index contributed by atoms with van der Waals surface area (Å²) in [6, 6.07) is 3.77. The number of hydrogen-bond acceptors (Lipinski definition) is 2. The third kappa shape index (κ3) is 3.81. The van der Waals surface area contributed by atoms with E-state index in [-0.39, 0.29) is 11.2 Å². The molecule has 0 bridgehead atoms. The van der Waals surface area contributed by atoms with Gasteiger partial charge in [-0.2, -0.15) is 0 Å². The number of likely N-dealkylation sites (N-methyl/N-ethyl adjacent to an activating group) is 1. The normalized spacial score (nSPS) is 12.1. The summed E-state index contributed by atoms with van der Waals surface area (Å²) in [6.45, 7) is 7.93. The molecule has 0 aliphatic heterocycles. The summed E-state index contributed by atoms with van der Waals surface area (Å²) in [5.74, 6) is 0.180. The Bertz CT molecular complexity index is 360. The summed E-state index contributed by atoms with van der Waals surface area (Å²) >= 11 is 0. The first kappa shape index (κ1) is 13.0. The van der Waals surface area contributed by atoms with Crippen LogP contribution in [-0.4, -0.2) is 35.4 Å². The van der Waals surface area contributed by atoms with Gasteiger partial charge in [-0.3, -0.25) is 9.69 Å². The minimum absolute atomic E-state index is 0.180. The summed E-state index contributed by atoms with van der Waals surface area (Å²) in [4.78, 5) is 14.0. The Morgan fingerprint density at radius 3 is 2.50 bits per heavy atom. The highest BCUT2D eigenvalue weighted by Gasteiger charge is 2.17. The largest absolute Gasteiger partial charge is 0.348 e. The molecule has 1 rings (SSSR count). The molecule has 1 heterocycles. The van der Waals surface area contributed by atoms with Gasteiger partial charge >= 0.3 is 0 Å². The van der Waals surface area contributed by atoms with Crippen molar-refractivity contribution in [1.29, 1.82) is 0 Å². The molecule has 0 saturated heterocycles. The van der Waals surface area contributed by atoms with Gasteiger partial charge in [0, 0.05) is 19.8 Å². The van der Waals surface area contributed by atoms with Gasteiger partial charge in [0.25, 0.3) is 0 Å². The van der Waals surface area contributed by atoms with Gasteiger partial charge in [-0.1, -0.05) is 20.8 Å². The summed E-state index contributed by atoms with van der Waals surface area (Å²) in [7, 11) is 3.89. The third-order valence-electron chi connectivity index (χ3n) is 2.39. The molecule has 3 heteroatoms. The molecular formula is C13H22N2O. The van der Waals surface area contributed by atoms with Gasteiger partial charge in [0.1, 0.15) is 0 Å².